The Morgan fingerprint density at radius 1 is 0.914 bits per heavy atom. The molecule has 1 unspecified atom stereocenters. The van der Waals surface area contributed by atoms with Gasteiger partial charge in [-0.1, -0.05) is 24.3 Å². The number of hydrogen-bond donors (Lipinski definition) is 4. The number of carbonyl (C=O) groups is 4. The molecule has 0 aromatic heterocycles. The molecule has 2 rings (SSSR count). The third-order valence-corrected chi connectivity index (χ3v) is 5.05. The van der Waals surface area contributed by atoms with Crippen LogP contribution in [0.5, 0.6) is 11.5 Å². The summed E-state index contributed by atoms with van der Waals surface area (Å²) < 4.78 is 10.6. The number of methoxy groups -OCH3 is 2. The van der Waals surface area contributed by atoms with Crippen molar-refractivity contribution in [3.63, 3.8) is 0 Å². The molecule has 10 nitrogen and oxygen atoms in total. The first kappa shape index (κ1) is 26.9. The van der Waals surface area contributed by atoms with E-state index in [0.717, 1.165) is 17.7 Å². The smallest absolute Gasteiger partial charge is 0.252 e. The van der Waals surface area contributed by atoms with E-state index < -0.39 is 17.7 Å². The quantitative estimate of drug-likeness (QED) is 0.356. The predicted octanol–water partition coefficient (Wildman–Crippen LogP) is 1.23. The predicted molar refractivity (Wildman–Crippen MR) is 130 cm³/mol. The molecule has 4 N–H and O–H groups in total. The second kappa shape index (κ2) is 13.4. The summed E-state index contributed by atoms with van der Waals surface area (Å²) >= 11 is 0. The third-order valence-electron chi connectivity index (χ3n) is 5.05. The minimum absolute atomic E-state index is 0.0944. The summed E-state index contributed by atoms with van der Waals surface area (Å²) in [5.41, 5.74) is 1.87. The molecule has 186 valence electrons. The Hall–Kier alpha value is -4.34. The Balaban J connectivity index is 1.96. The van der Waals surface area contributed by atoms with Crippen molar-refractivity contribution in [3.8, 4) is 11.5 Å². The minimum atomic E-state index is -0.576. The van der Waals surface area contributed by atoms with E-state index in [1.54, 1.807) is 50.6 Å². The highest BCUT2D eigenvalue weighted by atomic mass is 16.5. The van der Waals surface area contributed by atoms with Gasteiger partial charge in [0.15, 0.2) is 11.5 Å². The number of rotatable bonds is 11. The minimum Gasteiger partial charge on any atom is -0.493 e. The van der Waals surface area contributed by atoms with Crippen molar-refractivity contribution in [2.45, 2.75) is 19.5 Å². The van der Waals surface area contributed by atoms with Crippen molar-refractivity contribution in [2.75, 3.05) is 27.8 Å². The molecule has 0 aliphatic heterocycles. The van der Waals surface area contributed by atoms with E-state index in [9.17, 15) is 19.2 Å². The fourth-order valence-electron chi connectivity index (χ4n) is 3.09. The van der Waals surface area contributed by atoms with E-state index >= 15 is 0 Å². The van der Waals surface area contributed by atoms with Crippen LogP contribution in [-0.2, 0) is 20.9 Å². The van der Waals surface area contributed by atoms with Crippen LogP contribution >= 0.6 is 0 Å². The van der Waals surface area contributed by atoms with Gasteiger partial charge in [-0.15, -0.1) is 0 Å². The summed E-state index contributed by atoms with van der Waals surface area (Å²) in [5, 5.41) is 10.3. The Morgan fingerprint density at radius 3 is 2.29 bits per heavy atom. The molecular formula is C25H30N4O6. The molecule has 0 aliphatic carbocycles. The van der Waals surface area contributed by atoms with Gasteiger partial charge in [0.05, 0.1) is 26.8 Å². The van der Waals surface area contributed by atoms with Gasteiger partial charge in [-0.2, -0.15) is 0 Å². The Bertz CT molecular complexity index is 1100. The summed E-state index contributed by atoms with van der Waals surface area (Å²) in [5.74, 6) is -0.599. The van der Waals surface area contributed by atoms with E-state index in [-0.39, 0.29) is 25.0 Å². The largest absolute Gasteiger partial charge is 0.493 e. The van der Waals surface area contributed by atoms with Crippen molar-refractivity contribution in [3.05, 3.63) is 71.3 Å². The van der Waals surface area contributed by atoms with Gasteiger partial charge in [-0.25, -0.2) is 0 Å². The molecule has 0 bridgehead atoms. The third kappa shape index (κ3) is 8.18. The van der Waals surface area contributed by atoms with E-state index in [2.05, 4.69) is 21.3 Å². The van der Waals surface area contributed by atoms with Crippen LogP contribution in [0.1, 0.15) is 34.5 Å². The summed E-state index contributed by atoms with van der Waals surface area (Å²) in [6, 6.07) is 12.0. The highest BCUT2D eigenvalue weighted by Crippen LogP contribution is 2.30. The lowest BCUT2D eigenvalue weighted by Gasteiger charge is -2.18. The zero-order chi connectivity index (χ0) is 25.8. The van der Waals surface area contributed by atoms with Crippen LogP contribution in [0, 0.1) is 0 Å². The Labute approximate surface area is 204 Å². The summed E-state index contributed by atoms with van der Waals surface area (Å²) in [6.07, 6.45) is 2.09. The van der Waals surface area contributed by atoms with Gasteiger partial charge < -0.3 is 30.7 Å². The zero-order valence-corrected chi connectivity index (χ0v) is 20.1. The monoisotopic (exact) mass is 482 g/mol. The number of hydrogen-bond acceptors (Lipinski definition) is 6. The van der Waals surface area contributed by atoms with Crippen molar-refractivity contribution < 1.29 is 28.7 Å². The van der Waals surface area contributed by atoms with Crippen LogP contribution in [0.4, 0.5) is 0 Å². The molecular weight excluding hydrogens is 452 g/mol. The highest BCUT2D eigenvalue weighted by molar-refractivity contribution is 5.98. The highest BCUT2D eigenvalue weighted by Gasteiger charge is 2.16. The lowest BCUT2D eigenvalue weighted by molar-refractivity contribution is -0.124. The summed E-state index contributed by atoms with van der Waals surface area (Å²) in [4.78, 5) is 47.8. The van der Waals surface area contributed by atoms with E-state index in [1.807, 2.05) is 13.0 Å². The molecule has 0 spiro atoms. The molecule has 1 atom stereocenters. The zero-order valence-electron chi connectivity index (χ0n) is 20.1. The lowest BCUT2D eigenvalue weighted by Crippen LogP contribution is -2.36. The fraction of sp³-hybridized carbons (Fsp3) is 0.280. The van der Waals surface area contributed by atoms with Gasteiger partial charge in [-0.05, 0) is 36.2 Å². The van der Waals surface area contributed by atoms with E-state index in [1.165, 1.54) is 7.05 Å². The number of ether oxygens (including phenoxy) is 2. The number of nitrogens with one attached hydrogen (secondary N) is 4. The average molecular weight is 483 g/mol. The fourth-order valence-corrected chi connectivity index (χ4v) is 3.09. The Kier molecular flexibility index (Phi) is 10.3. The lowest BCUT2D eigenvalue weighted by atomic mass is 10.0. The van der Waals surface area contributed by atoms with E-state index in [0.29, 0.717) is 22.6 Å². The molecule has 0 saturated heterocycles. The maximum Gasteiger partial charge on any atom is 0.252 e. The molecule has 2 aromatic rings. The SMILES string of the molecule is CNC(=O)/C=C/C(=O)NCC(=O)NCc1ccccc1C(=O)NC(C)c1ccc(OC)c(OC)c1. The molecule has 0 heterocycles. The van der Waals surface area contributed by atoms with Gasteiger partial charge in [0.2, 0.25) is 17.7 Å². The number of benzene rings is 2. The van der Waals surface area contributed by atoms with Crippen molar-refractivity contribution in [1.82, 2.24) is 21.3 Å². The van der Waals surface area contributed by atoms with Crippen molar-refractivity contribution in [1.29, 1.82) is 0 Å². The van der Waals surface area contributed by atoms with E-state index in [4.69, 9.17) is 9.47 Å². The van der Waals surface area contributed by atoms with Crippen molar-refractivity contribution >= 4 is 23.6 Å². The van der Waals surface area contributed by atoms with Gasteiger partial charge in [0.1, 0.15) is 0 Å². The second-order valence-corrected chi connectivity index (χ2v) is 7.41. The van der Waals surface area contributed by atoms with Crippen LogP contribution in [0.2, 0.25) is 0 Å². The van der Waals surface area contributed by atoms with Gasteiger partial charge >= 0.3 is 0 Å². The standard InChI is InChI=1S/C25H30N4O6/c1-16(17-9-10-20(34-3)21(13-17)35-4)29-25(33)19-8-6-5-7-18(19)14-27-24(32)15-28-23(31)12-11-22(30)26-2/h5-13,16H,14-15H2,1-4H3,(H,26,30)(H,27,32)(H,28,31)(H,29,33)/b12-11+. The molecule has 10 heteroatoms. The molecule has 4 amide bonds. The molecule has 0 radical (unpaired) electrons. The van der Waals surface area contributed by atoms with Crippen LogP contribution in [0.25, 0.3) is 0 Å². The van der Waals surface area contributed by atoms with Crippen LogP contribution in [0.3, 0.4) is 0 Å². The summed E-state index contributed by atoms with van der Waals surface area (Å²) in [7, 11) is 4.53. The topological polar surface area (TPSA) is 135 Å². The van der Waals surface area contributed by atoms with Crippen LogP contribution in [0.15, 0.2) is 54.6 Å². The maximum atomic E-state index is 13.0. The molecule has 0 fully saturated rings. The van der Waals surface area contributed by atoms with Gasteiger partial charge in [0, 0.05) is 31.3 Å². The van der Waals surface area contributed by atoms with Gasteiger partial charge in [0.25, 0.3) is 5.91 Å². The first-order chi connectivity index (χ1) is 16.8. The number of likely N-dealkylation sites (N-methyl/N-ethyl adjacent to an activating group) is 1. The van der Waals surface area contributed by atoms with Crippen LogP contribution in [-0.4, -0.2) is 51.4 Å². The first-order valence-electron chi connectivity index (χ1n) is 10.8. The maximum absolute atomic E-state index is 13.0. The average Bonchev–Trinajstić information content (AvgIpc) is 2.88. The van der Waals surface area contributed by atoms with Crippen molar-refractivity contribution in [2.24, 2.45) is 0 Å². The molecule has 0 aliphatic rings. The number of carbonyl (C=O) groups excluding carboxylic acids is 4. The first-order valence-corrected chi connectivity index (χ1v) is 10.8. The molecule has 0 saturated carbocycles. The molecule has 2 aromatic carbocycles. The summed E-state index contributed by atoms with van der Waals surface area (Å²) in [6.45, 7) is 1.67. The second-order valence-electron chi connectivity index (χ2n) is 7.41. The Morgan fingerprint density at radius 2 is 1.60 bits per heavy atom. The van der Waals surface area contributed by atoms with Crippen LogP contribution < -0.4 is 30.7 Å². The van der Waals surface area contributed by atoms with Gasteiger partial charge in [-0.3, -0.25) is 19.2 Å². The molecule has 35 heavy (non-hydrogen) atoms. The number of amides is 4. The normalized spacial score (nSPS) is 11.3.